The molecule has 18 heteroatoms. The fourth-order valence-corrected chi connectivity index (χ4v) is 11.1. The lowest BCUT2D eigenvalue weighted by atomic mass is 10.0. The minimum Gasteiger partial charge on any atom is -0.508 e. The summed E-state index contributed by atoms with van der Waals surface area (Å²) < 4.78 is 8.08. The maximum absolute atomic E-state index is 12.8. The Labute approximate surface area is 418 Å². The maximum atomic E-state index is 12.8. The normalized spacial score (nSPS) is 20.0. The van der Waals surface area contributed by atoms with E-state index in [-0.39, 0.29) is 47.7 Å². The molecular weight excluding hydrogens is 920 g/mol. The number of anilines is 2. The van der Waals surface area contributed by atoms with Gasteiger partial charge in [-0.15, -0.1) is 5.10 Å². The number of hydrogen-bond acceptors (Lipinski definition) is 15. The fraction of sp³-hybridized carbons (Fsp3) is 0.396. The number of phenolic OH excluding ortho intramolecular Hbond substituents is 2. The molecule has 4 aliphatic heterocycles. The number of aromatic nitrogens is 5. The highest BCUT2D eigenvalue weighted by Crippen LogP contribution is 2.39. The summed E-state index contributed by atoms with van der Waals surface area (Å²) in [5, 5.41) is 51.8. The summed E-state index contributed by atoms with van der Waals surface area (Å²) in [5.74, 6) is 0.728. The van der Waals surface area contributed by atoms with Crippen LogP contribution in [0.5, 0.6) is 23.5 Å². The zero-order valence-electron chi connectivity index (χ0n) is 40.2. The number of nitriles is 1. The minimum absolute atomic E-state index is 0.0283. The monoisotopic (exact) mass is 978 g/mol. The average molecular weight is 980 g/mol. The number of likely N-dealkylation sites (tertiary alicyclic amines) is 1. The van der Waals surface area contributed by atoms with Gasteiger partial charge >= 0.3 is 12.0 Å². The van der Waals surface area contributed by atoms with Gasteiger partial charge < -0.3 is 34.8 Å². The molecule has 71 heavy (non-hydrogen) atoms. The molecule has 3 N–H and O–H groups in total. The number of aromatic hydroxyl groups is 3. The Kier molecular flexibility index (Phi) is 13.7. The van der Waals surface area contributed by atoms with E-state index < -0.39 is 0 Å². The number of ether oxygens (including phenoxy) is 1. The number of amides is 1. The lowest BCUT2D eigenvalue weighted by Gasteiger charge is -2.42. The zero-order chi connectivity index (χ0) is 49.3. The lowest BCUT2D eigenvalue weighted by molar-refractivity contribution is -0.128. The predicted molar refractivity (Wildman–Crippen MR) is 272 cm³/mol. The number of fused-ring (bicyclic) bond motifs is 2. The van der Waals surface area contributed by atoms with E-state index in [1.807, 2.05) is 36.4 Å². The summed E-state index contributed by atoms with van der Waals surface area (Å²) in [6.07, 6.45) is 4.32. The third-order valence-corrected chi connectivity index (χ3v) is 15.2. The van der Waals surface area contributed by atoms with Crippen molar-refractivity contribution < 1.29 is 24.9 Å². The Balaban J connectivity index is 0.773. The van der Waals surface area contributed by atoms with E-state index in [4.69, 9.17) is 26.3 Å². The van der Waals surface area contributed by atoms with E-state index in [0.29, 0.717) is 73.1 Å². The molecule has 17 nitrogen and oxygen atoms in total. The van der Waals surface area contributed by atoms with Gasteiger partial charge in [0.1, 0.15) is 23.9 Å². The summed E-state index contributed by atoms with van der Waals surface area (Å²) in [7, 11) is 2.20. The first kappa shape index (κ1) is 47.7. The van der Waals surface area contributed by atoms with Crippen LogP contribution in [0, 0.1) is 18.3 Å². The molecule has 6 heterocycles. The second-order valence-corrected chi connectivity index (χ2v) is 19.6. The van der Waals surface area contributed by atoms with Gasteiger partial charge in [-0.2, -0.15) is 15.2 Å². The summed E-state index contributed by atoms with van der Waals surface area (Å²) in [6.45, 7) is 14.3. The number of piperazine rings is 2. The molecule has 6 aromatic rings. The van der Waals surface area contributed by atoms with Crippen molar-refractivity contribution in [3.05, 3.63) is 113 Å². The number of benzene rings is 4. The molecule has 10 rings (SSSR count). The molecule has 1 amide bonds. The van der Waals surface area contributed by atoms with E-state index in [9.17, 15) is 25.4 Å². The molecule has 3 fully saturated rings. The van der Waals surface area contributed by atoms with Crippen molar-refractivity contribution in [1.29, 1.82) is 5.26 Å². The van der Waals surface area contributed by atoms with Crippen LogP contribution in [0.15, 0.2) is 85.5 Å². The van der Waals surface area contributed by atoms with Crippen molar-refractivity contribution in [2.45, 2.75) is 63.8 Å². The van der Waals surface area contributed by atoms with Gasteiger partial charge in [-0.25, -0.2) is 4.57 Å². The minimum atomic E-state index is -0.298. The van der Waals surface area contributed by atoms with Gasteiger partial charge in [0.15, 0.2) is 5.82 Å². The first-order valence-corrected chi connectivity index (χ1v) is 24.8. The third-order valence-electron chi connectivity index (χ3n) is 14.9. The zero-order valence-corrected chi connectivity index (χ0v) is 40.9. The van der Waals surface area contributed by atoms with Gasteiger partial charge in [0.05, 0.1) is 47.0 Å². The van der Waals surface area contributed by atoms with Crippen molar-refractivity contribution in [3.8, 4) is 46.7 Å². The summed E-state index contributed by atoms with van der Waals surface area (Å²) in [6, 6.07) is 25.7. The van der Waals surface area contributed by atoms with E-state index in [1.54, 1.807) is 17.9 Å². The van der Waals surface area contributed by atoms with Crippen LogP contribution >= 0.6 is 11.6 Å². The van der Waals surface area contributed by atoms with Gasteiger partial charge in [-0.05, 0) is 86.2 Å². The molecule has 0 unspecified atom stereocenters. The van der Waals surface area contributed by atoms with E-state index >= 15 is 0 Å². The Hall–Kier alpha value is -6.97. The number of rotatable bonds is 13. The highest BCUT2D eigenvalue weighted by atomic mass is 35.5. The van der Waals surface area contributed by atoms with Gasteiger partial charge in [0.2, 0.25) is 5.91 Å². The summed E-state index contributed by atoms with van der Waals surface area (Å²) in [4.78, 5) is 36.8. The molecule has 4 aromatic carbocycles. The van der Waals surface area contributed by atoms with Crippen LogP contribution in [-0.4, -0.2) is 156 Å². The largest absolute Gasteiger partial charge is 0.508 e. The average Bonchev–Trinajstić information content (AvgIpc) is 3.94. The highest BCUT2D eigenvalue weighted by Gasteiger charge is 2.36. The molecule has 2 aromatic heterocycles. The highest BCUT2D eigenvalue weighted by molar-refractivity contribution is 6.36. The number of hydrogen-bond donors (Lipinski definition) is 3. The first-order valence-electron chi connectivity index (χ1n) is 24.4. The van der Waals surface area contributed by atoms with Crippen LogP contribution in [0.4, 0.5) is 11.5 Å². The van der Waals surface area contributed by atoms with Crippen LogP contribution in [0.3, 0.4) is 0 Å². The Morgan fingerprint density at radius 2 is 1.65 bits per heavy atom. The lowest BCUT2D eigenvalue weighted by Crippen LogP contribution is -2.55. The standard InChI is InChI=1S/C53H59ClN12O5/c1-4-48(69)65-26-25-64(31-39(65)17-19-55)50-41-18-20-63(45-10-6-8-36-7-5-9-43(54)49(36)45)32-44(41)56-52(57-50)71-33-40-16-15-38(60(40)3)30-62-23-21-61(22-24-62)29-35-11-13-37(14-12-35)66-51(58-59-53(66)70)42-27-34(2)46(67)28-47(42)68/h4-14,27-28,38-40,67-68H,1,15-18,20-26,29-33H2,2-3H3,(H,59,70)/t38-,39+,40+/m1/s1. The number of phenols is 2. The molecule has 0 radical (unpaired) electrons. The Morgan fingerprint density at radius 1 is 0.887 bits per heavy atom. The number of carbonyl (C=O) groups excluding carboxylic acids is 1. The number of aryl methyl sites for hydroxylation is 1. The first-order chi connectivity index (χ1) is 34.5. The van der Waals surface area contributed by atoms with Crippen molar-refractivity contribution in [2.24, 2.45) is 0 Å². The molecule has 368 valence electrons. The molecule has 3 saturated heterocycles. The summed E-state index contributed by atoms with van der Waals surface area (Å²) in [5.41, 5.74) is 5.75. The SMILES string of the molecule is C=CC(=O)N1CCN(c2nc(OC[C@@H]3CC[C@H](CN4CCN(Cc5ccc(-n6c(O)nnc6-c6cc(C)c(O)cc6O)cc5)CC4)N3C)nc3c2CCN(c2cccc4cccc(Cl)c24)C3)C[C@@H]1CC#N. The van der Waals surface area contributed by atoms with Crippen LogP contribution in [-0.2, 0) is 24.3 Å². The Bertz CT molecular complexity index is 2980. The number of nitrogens with zero attached hydrogens (tertiary/aromatic N) is 12. The van der Waals surface area contributed by atoms with Crippen molar-refractivity contribution in [1.82, 2.24) is 44.3 Å². The van der Waals surface area contributed by atoms with Gasteiger partial charge in [0, 0.05) is 100 Å². The van der Waals surface area contributed by atoms with Crippen molar-refractivity contribution in [2.75, 3.05) is 82.4 Å². The topological polar surface area (TPSA) is 187 Å². The van der Waals surface area contributed by atoms with Crippen molar-refractivity contribution >= 4 is 39.8 Å². The fourth-order valence-electron chi connectivity index (χ4n) is 10.9. The van der Waals surface area contributed by atoms with E-state index in [1.165, 1.54) is 16.7 Å². The molecule has 0 saturated carbocycles. The van der Waals surface area contributed by atoms with E-state index in [0.717, 1.165) is 97.8 Å². The Morgan fingerprint density at radius 3 is 2.42 bits per heavy atom. The van der Waals surface area contributed by atoms with Crippen LogP contribution < -0.4 is 14.5 Å². The molecule has 0 spiro atoms. The van der Waals surface area contributed by atoms with Crippen LogP contribution in [0.2, 0.25) is 5.02 Å². The maximum Gasteiger partial charge on any atom is 0.319 e. The number of likely N-dealkylation sites (N-methyl/N-ethyl adjacent to an activating group) is 1. The molecule has 3 atom stereocenters. The number of carbonyl (C=O) groups is 1. The van der Waals surface area contributed by atoms with Gasteiger partial charge in [-0.3, -0.25) is 19.5 Å². The predicted octanol–water partition coefficient (Wildman–Crippen LogP) is 6.30. The molecule has 0 aliphatic carbocycles. The van der Waals surface area contributed by atoms with E-state index in [2.05, 4.69) is 78.7 Å². The van der Waals surface area contributed by atoms with Crippen LogP contribution in [0.25, 0.3) is 27.8 Å². The molecule has 0 bridgehead atoms. The van der Waals surface area contributed by atoms with Crippen LogP contribution in [0.1, 0.15) is 41.6 Å². The second kappa shape index (κ2) is 20.4. The molecule has 4 aliphatic rings. The summed E-state index contributed by atoms with van der Waals surface area (Å²) >= 11 is 6.81. The van der Waals surface area contributed by atoms with Crippen molar-refractivity contribution in [3.63, 3.8) is 0 Å². The quantitative estimate of drug-likeness (QED) is 0.110. The molecular formula is C53H59ClN12O5. The van der Waals surface area contributed by atoms with Gasteiger partial charge in [0.25, 0.3) is 0 Å². The smallest absolute Gasteiger partial charge is 0.319 e. The number of halogens is 1. The second-order valence-electron chi connectivity index (χ2n) is 19.2. The third kappa shape index (κ3) is 9.77. The van der Waals surface area contributed by atoms with Gasteiger partial charge in [-0.1, -0.05) is 59.7 Å².